The number of carbonyl (C=O) groups is 2. The quantitative estimate of drug-likeness (QED) is 0.0795. The van der Waals surface area contributed by atoms with Crippen LogP contribution >= 0.6 is 0 Å². The number of rotatable bonds is 17. The van der Waals surface area contributed by atoms with Crippen LogP contribution in [-0.2, 0) is 37.3 Å². The topological polar surface area (TPSA) is 113 Å². The van der Waals surface area contributed by atoms with Crippen LogP contribution < -0.4 is 0 Å². The summed E-state index contributed by atoms with van der Waals surface area (Å²) in [6, 6.07) is 45.4. The molecule has 0 radical (unpaired) electrons. The number of aliphatic hydroxyl groups is 3. The second-order valence-electron chi connectivity index (χ2n) is 30.5. The van der Waals surface area contributed by atoms with Crippen molar-refractivity contribution in [3.63, 3.8) is 0 Å². The predicted molar refractivity (Wildman–Crippen MR) is 341 cm³/mol. The van der Waals surface area contributed by atoms with Crippen LogP contribution in [0.25, 0.3) is 10.8 Å². The van der Waals surface area contributed by atoms with E-state index < -0.39 is 46.6 Å². The van der Waals surface area contributed by atoms with Crippen molar-refractivity contribution >= 4 is 22.7 Å². The van der Waals surface area contributed by atoms with Crippen LogP contribution in [0, 0.1) is 57.7 Å². The van der Waals surface area contributed by atoms with Crippen molar-refractivity contribution in [2.45, 2.75) is 228 Å². The molecule has 456 valence electrons. The van der Waals surface area contributed by atoms with Gasteiger partial charge in [-0.2, -0.15) is 0 Å². The van der Waals surface area contributed by atoms with Crippen molar-refractivity contribution in [2.24, 2.45) is 57.7 Å². The summed E-state index contributed by atoms with van der Waals surface area (Å²) in [5, 5.41) is 44.9. The van der Waals surface area contributed by atoms with Crippen molar-refractivity contribution in [3.05, 3.63) is 166 Å². The Morgan fingerprint density at radius 3 is 2.28 bits per heavy atom. The molecule has 7 nitrogen and oxygen atoms in total. The van der Waals surface area contributed by atoms with Crippen LogP contribution in [0.1, 0.15) is 220 Å². The van der Waals surface area contributed by atoms with Gasteiger partial charge in [-0.1, -0.05) is 174 Å². The van der Waals surface area contributed by atoms with Gasteiger partial charge in [0.1, 0.15) is 12.7 Å². The van der Waals surface area contributed by atoms with Gasteiger partial charge in [0.05, 0.1) is 29.1 Å². The molecule has 5 aromatic rings. The average molecular weight is 1160 g/mol. The monoisotopic (exact) mass is 1160 g/mol. The van der Waals surface area contributed by atoms with Gasteiger partial charge in [-0.05, 0) is 236 Å². The van der Waals surface area contributed by atoms with Gasteiger partial charge < -0.3 is 24.8 Å². The maximum Gasteiger partial charge on any atom is 0.331 e. The number of esters is 2. The van der Waals surface area contributed by atoms with Gasteiger partial charge >= 0.3 is 11.9 Å². The highest BCUT2D eigenvalue weighted by Crippen LogP contribution is 2.77. The molecular formula is C79H98O7. The molecule has 6 fully saturated rings. The lowest BCUT2D eigenvalue weighted by Gasteiger charge is -2.71. The maximum atomic E-state index is 15.5. The van der Waals surface area contributed by atoms with Gasteiger partial charge in [0.15, 0.2) is 0 Å². The molecule has 8 aliphatic carbocycles. The molecule has 0 aromatic heterocycles. The zero-order valence-corrected chi connectivity index (χ0v) is 52.0. The molecule has 86 heavy (non-hydrogen) atoms. The van der Waals surface area contributed by atoms with E-state index in [2.05, 4.69) is 142 Å². The fourth-order valence-electron chi connectivity index (χ4n) is 22.6. The van der Waals surface area contributed by atoms with Gasteiger partial charge in [0.25, 0.3) is 0 Å². The molecule has 1 aliphatic heterocycles. The second kappa shape index (κ2) is 23.4. The Morgan fingerprint density at radius 1 is 0.733 bits per heavy atom. The summed E-state index contributed by atoms with van der Waals surface area (Å²) in [6.45, 7) is 7.06. The van der Waals surface area contributed by atoms with Gasteiger partial charge in [0.2, 0.25) is 0 Å². The molecule has 7 heteroatoms. The Kier molecular flexibility index (Phi) is 15.9. The van der Waals surface area contributed by atoms with E-state index >= 15 is 4.79 Å². The maximum absolute atomic E-state index is 15.5. The smallest absolute Gasteiger partial charge is 0.331 e. The Balaban J connectivity index is 0.858. The van der Waals surface area contributed by atoms with Crippen LogP contribution in [0.4, 0.5) is 0 Å². The Bertz CT molecular complexity index is 3280. The number of carbonyl (C=O) groups excluding carboxylic acids is 2. The minimum atomic E-state index is -1.57. The van der Waals surface area contributed by atoms with Crippen molar-refractivity contribution in [2.75, 3.05) is 6.61 Å². The van der Waals surface area contributed by atoms with E-state index in [0.717, 1.165) is 89.0 Å². The standard InChI is InChI=1S/C79H98O7/c1-51(18-15-23-53-19-7-4-8-20-53)31-34-67(80)79-68(81)38-40-75(3,73(79)66(44-52(2)78(79,84)43-35-56-47-69(82)85-50-56)86-74(83)58-26-16-24-55(46-58)45-54-21-9-5-10-22-54)61-37-42-76-41-36-59-49-77(60-27-11-6-12-28-60)39-14-13-30-64(77)63-33-32-57-25-17-29-62(65(76)48-61)70(57)71(63)72(59)76/h4-12,17,19-22,25,27-29,32-33,47,51-52,55,58-59,61,64-68,72-73,80-81,84H,13-16,18,23-24,26,30-31,34-46,48-50H2,1-3H3/t51-,52-,55-,58+,59-,61+,64-,65+,66-,67+,68+,72-,73+,75+,76+,77+,78-,79+/m1/s1. The van der Waals surface area contributed by atoms with Gasteiger partial charge in [-0.3, -0.25) is 4.79 Å². The Morgan fingerprint density at radius 2 is 1.50 bits per heavy atom. The number of aliphatic hydroxyl groups excluding tert-OH is 2. The molecule has 5 aromatic carbocycles. The molecule has 1 heterocycles. The number of aryl methyl sites for hydroxylation is 1. The molecule has 9 aliphatic rings. The summed E-state index contributed by atoms with van der Waals surface area (Å²) in [6.07, 6.45) is 21.9. The minimum absolute atomic E-state index is 0.112. The first-order valence-corrected chi connectivity index (χ1v) is 34.6. The number of fused-ring (bicyclic) bond motifs is 4. The first-order valence-electron chi connectivity index (χ1n) is 34.6. The van der Waals surface area contributed by atoms with E-state index in [1.54, 1.807) is 28.2 Å². The third-order valence-electron chi connectivity index (χ3n) is 26.4. The van der Waals surface area contributed by atoms with Gasteiger partial charge in [0, 0.05) is 17.4 Å². The number of ether oxygens (including phenoxy) is 2. The average Bonchev–Trinajstić information content (AvgIpc) is 1.18. The lowest BCUT2D eigenvalue weighted by Crippen LogP contribution is -2.77. The number of benzene rings is 5. The SMILES string of the molecule is C[C@H](CCCc1ccccc1)CC[C@H](O)[C@]12[C@@H](O)CC[C@@](C)([C@H]3CC[C@]45CC[C@@H]6C[C@]7(c8ccccc8)CCCC[C@@H]7c7ccc8cccc(c8c7[C@@H]64)[C@@H]5C3)[C@@H]1[C@H](OC(=O)[C@H]1CCC[C@H](Cc3ccccc3)C1)C[C@@H](C)[C@]2(O)CCC1=CC(=O)OC1. The summed E-state index contributed by atoms with van der Waals surface area (Å²) < 4.78 is 12.8. The summed E-state index contributed by atoms with van der Waals surface area (Å²) in [4.78, 5) is 28.1. The predicted octanol–water partition coefficient (Wildman–Crippen LogP) is 16.8. The third kappa shape index (κ3) is 9.73. The second-order valence-corrected chi connectivity index (χ2v) is 30.5. The summed E-state index contributed by atoms with van der Waals surface area (Å²) in [5.41, 5.74) is 6.62. The molecular weight excluding hydrogens is 1060 g/mol. The summed E-state index contributed by atoms with van der Waals surface area (Å²) in [7, 11) is 0. The number of cyclic esters (lactones) is 1. The normalized spacial score (nSPS) is 37.7. The van der Waals surface area contributed by atoms with Gasteiger partial charge in [-0.25, -0.2) is 4.79 Å². The molecule has 6 saturated carbocycles. The van der Waals surface area contributed by atoms with Crippen molar-refractivity contribution in [3.8, 4) is 0 Å². The molecule has 1 spiro atoms. The molecule has 0 amide bonds. The van der Waals surface area contributed by atoms with E-state index in [9.17, 15) is 20.1 Å². The largest absolute Gasteiger partial charge is 0.462 e. The van der Waals surface area contributed by atoms with Crippen molar-refractivity contribution in [1.82, 2.24) is 0 Å². The summed E-state index contributed by atoms with van der Waals surface area (Å²) in [5.74, 6) is 1.06. The first-order chi connectivity index (χ1) is 41.8. The van der Waals surface area contributed by atoms with Crippen LogP contribution in [-0.4, -0.2) is 57.8 Å². The van der Waals surface area contributed by atoms with E-state index in [0.29, 0.717) is 61.2 Å². The molecule has 14 rings (SSSR count). The van der Waals surface area contributed by atoms with Gasteiger partial charge in [-0.15, -0.1) is 0 Å². The fraction of sp³-hybridized carbons (Fsp3) is 0.595. The molecule has 18 atom stereocenters. The highest BCUT2D eigenvalue weighted by molar-refractivity contribution is 5.93. The van der Waals surface area contributed by atoms with Crippen LogP contribution in [0.2, 0.25) is 0 Å². The van der Waals surface area contributed by atoms with E-state index in [1.165, 1.54) is 67.0 Å². The van der Waals surface area contributed by atoms with Crippen molar-refractivity contribution in [1.29, 1.82) is 0 Å². The molecule has 0 unspecified atom stereocenters. The zero-order valence-electron chi connectivity index (χ0n) is 52.0. The Hall–Kier alpha value is -5.08. The molecule has 0 saturated heterocycles. The highest BCUT2D eigenvalue weighted by Gasteiger charge is 2.75. The van der Waals surface area contributed by atoms with E-state index in [-0.39, 0.29) is 47.6 Å². The third-order valence-corrected chi connectivity index (χ3v) is 26.4. The zero-order chi connectivity index (χ0) is 59.0. The van der Waals surface area contributed by atoms with Crippen LogP contribution in [0.3, 0.4) is 0 Å². The summed E-state index contributed by atoms with van der Waals surface area (Å²) >= 11 is 0. The lowest BCUT2D eigenvalue weighted by atomic mass is 9.36. The Labute approximate surface area is 513 Å². The number of hydrogen-bond acceptors (Lipinski definition) is 7. The minimum Gasteiger partial charge on any atom is -0.462 e. The van der Waals surface area contributed by atoms with E-state index in [4.69, 9.17) is 9.47 Å². The first kappa shape index (κ1) is 58.6. The van der Waals surface area contributed by atoms with Crippen molar-refractivity contribution < 1.29 is 34.4 Å². The number of hydrogen-bond donors (Lipinski definition) is 3. The van der Waals surface area contributed by atoms with Crippen LogP contribution in [0.5, 0.6) is 0 Å². The lowest BCUT2D eigenvalue weighted by molar-refractivity contribution is -0.328. The van der Waals surface area contributed by atoms with E-state index in [1.807, 2.05) is 0 Å². The molecule has 0 bridgehead atoms. The highest BCUT2D eigenvalue weighted by atomic mass is 16.5. The van der Waals surface area contributed by atoms with Crippen LogP contribution in [0.15, 0.2) is 133 Å². The molecule has 3 N–H and O–H groups in total. The fourth-order valence-corrected chi connectivity index (χ4v) is 22.6.